The van der Waals surface area contributed by atoms with Crippen LogP contribution in [0.2, 0.25) is 0 Å². The van der Waals surface area contributed by atoms with E-state index in [1.54, 1.807) is 7.11 Å². The third kappa shape index (κ3) is 4.24. The Labute approximate surface area is 148 Å². The van der Waals surface area contributed by atoms with E-state index in [9.17, 15) is 13.2 Å². The van der Waals surface area contributed by atoms with E-state index in [4.69, 9.17) is 9.47 Å². The first kappa shape index (κ1) is 18.0. The number of methoxy groups -OCH3 is 1. The molecular formula is C17H24N2O5S. The highest BCUT2D eigenvalue weighted by atomic mass is 32.2. The fourth-order valence-corrected chi connectivity index (χ4v) is 4.33. The van der Waals surface area contributed by atoms with Crippen LogP contribution in [0.1, 0.15) is 18.4 Å². The van der Waals surface area contributed by atoms with Crippen molar-refractivity contribution in [2.75, 3.05) is 33.1 Å². The predicted molar refractivity (Wildman–Crippen MR) is 93.3 cm³/mol. The number of sulfonamides is 1. The van der Waals surface area contributed by atoms with E-state index in [2.05, 4.69) is 4.72 Å². The van der Waals surface area contributed by atoms with Gasteiger partial charge in [-0.2, -0.15) is 0 Å². The first-order chi connectivity index (χ1) is 11.9. The molecule has 3 rings (SSSR count). The summed E-state index contributed by atoms with van der Waals surface area (Å²) in [7, 11) is -1.61. The molecule has 0 spiro atoms. The molecule has 0 saturated carbocycles. The van der Waals surface area contributed by atoms with Crippen molar-refractivity contribution in [2.24, 2.45) is 5.92 Å². The van der Waals surface area contributed by atoms with Crippen molar-refractivity contribution in [3.05, 3.63) is 23.8 Å². The number of hydrogen-bond acceptors (Lipinski definition) is 5. The molecule has 1 N–H and O–H groups in total. The van der Waals surface area contributed by atoms with Gasteiger partial charge in [-0.3, -0.25) is 4.79 Å². The molecule has 7 nitrogen and oxygen atoms in total. The predicted octanol–water partition coefficient (Wildman–Crippen LogP) is 0.786. The second-order valence-corrected chi connectivity index (χ2v) is 8.43. The smallest absolute Gasteiger partial charge is 0.229 e. The van der Waals surface area contributed by atoms with Crippen molar-refractivity contribution in [2.45, 2.75) is 25.3 Å². The van der Waals surface area contributed by atoms with Gasteiger partial charge in [0.05, 0.1) is 19.3 Å². The van der Waals surface area contributed by atoms with Crippen LogP contribution in [0.4, 0.5) is 0 Å². The van der Waals surface area contributed by atoms with Crippen molar-refractivity contribution in [1.82, 2.24) is 9.62 Å². The first-order valence-corrected chi connectivity index (χ1v) is 10.3. The maximum Gasteiger partial charge on any atom is 0.229 e. The summed E-state index contributed by atoms with van der Waals surface area (Å²) in [4.78, 5) is 14.6. The fraction of sp³-hybridized carbons (Fsp3) is 0.588. The minimum Gasteiger partial charge on any atom is -0.493 e. The largest absolute Gasteiger partial charge is 0.493 e. The topological polar surface area (TPSA) is 84.9 Å². The minimum absolute atomic E-state index is 0.0753. The number of nitrogens with one attached hydrogen (secondary N) is 1. The van der Waals surface area contributed by atoms with Crippen LogP contribution in [0.5, 0.6) is 11.5 Å². The number of carbonyl (C=O) groups excluding carboxylic acids is 1. The summed E-state index contributed by atoms with van der Waals surface area (Å²) in [5, 5.41) is 0. The Morgan fingerprint density at radius 1 is 1.32 bits per heavy atom. The number of benzene rings is 1. The molecule has 8 heteroatoms. The van der Waals surface area contributed by atoms with E-state index in [0.717, 1.165) is 17.6 Å². The number of rotatable bonds is 4. The molecule has 1 atom stereocenters. The van der Waals surface area contributed by atoms with Gasteiger partial charge in [0.15, 0.2) is 11.5 Å². The Balaban J connectivity index is 1.60. The van der Waals surface area contributed by atoms with Gasteiger partial charge in [0.25, 0.3) is 0 Å². The monoisotopic (exact) mass is 368 g/mol. The van der Waals surface area contributed by atoms with E-state index in [0.29, 0.717) is 44.7 Å². The zero-order chi connectivity index (χ0) is 18.0. The van der Waals surface area contributed by atoms with Gasteiger partial charge in [0.2, 0.25) is 15.9 Å². The lowest BCUT2D eigenvalue weighted by atomic mass is 9.94. The molecule has 2 aliphatic heterocycles. The van der Waals surface area contributed by atoms with Crippen LogP contribution in [-0.2, 0) is 21.2 Å². The second kappa shape index (κ2) is 7.21. The highest BCUT2D eigenvalue weighted by Crippen LogP contribution is 2.36. The summed E-state index contributed by atoms with van der Waals surface area (Å²) in [5.74, 6) is 1.28. The van der Waals surface area contributed by atoms with Gasteiger partial charge in [0.1, 0.15) is 6.61 Å². The van der Waals surface area contributed by atoms with Crippen molar-refractivity contribution in [1.29, 1.82) is 0 Å². The number of hydrogen-bond donors (Lipinski definition) is 1. The van der Waals surface area contributed by atoms with Crippen LogP contribution >= 0.6 is 0 Å². The highest BCUT2D eigenvalue weighted by molar-refractivity contribution is 7.88. The lowest BCUT2D eigenvalue weighted by Crippen LogP contribution is -2.49. The molecule has 138 valence electrons. The maximum atomic E-state index is 12.8. The van der Waals surface area contributed by atoms with E-state index in [1.165, 1.54) is 0 Å². The zero-order valence-corrected chi connectivity index (χ0v) is 15.3. The van der Waals surface area contributed by atoms with Crippen LogP contribution in [-0.4, -0.2) is 58.3 Å². The normalized spacial score (nSPS) is 21.4. The van der Waals surface area contributed by atoms with Crippen molar-refractivity contribution >= 4 is 15.9 Å². The van der Waals surface area contributed by atoms with Gasteiger partial charge in [-0.25, -0.2) is 13.1 Å². The molecular weight excluding hydrogens is 344 g/mol. The molecule has 0 unspecified atom stereocenters. The van der Waals surface area contributed by atoms with Crippen molar-refractivity contribution < 1.29 is 22.7 Å². The van der Waals surface area contributed by atoms with E-state index >= 15 is 0 Å². The van der Waals surface area contributed by atoms with Crippen molar-refractivity contribution in [3.8, 4) is 11.5 Å². The van der Waals surface area contributed by atoms with Crippen LogP contribution in [0.25, 0.3) is 0 Å². The van der Waals surface area contributed by atoms with Gasteiger partial charge in [-0.05, 0) is 30.9 Å². The third-order valence-corrected chi connectivity index (χ3v) is 5.47. The van der Waals surface area contributed by atoms with E-state index in [1.807, 2.05) is 23.1 Å². The lowest BCUT2D eigenvalue weighted by molar-refractivity contribution is -0.138. The summed E-state index contributed by atoms with van der Waals surface area (Å²) < 4.78 is 36.3. The molecule has 0 aromatic heterocycles. The molecule has 1 amide bonds. The van der Waals surface area contributed by atoms with Crippen LogP contribution in [0, 0.1) is 5.92 Å². The Bertz CT molecular complexity index is 741. The van der Waals surface area contributed by atoms with Gasteiger partial charge in [0, 0.05) is 19.1 Å². The molecule has 2 aliphatic rings. The highest BCUT2D eigenvalue weighted by Gasteiger charge is 2.33. The van der Waals surface area contributed by atoms with Crippen molar-refractivity contribution in [3.63, 3.8) is 0 Å². The Kier molecular flexibility index (Phi) is 5.19. The number of ether oxygens (including phenoxy) is 2. The van der Waals surface area contributed by atoms with E-state index in [-0.39, 0.29) is 17.9 Å². The SMILES string of the molecule is COc1cccc2c1OC[C@@H](C(=O)N1CCC(NS(C)(=O)=O)CC1)C2. The maximum absolute atomic E-state index is 12.8. The molecule has 1 aromatic carbocycles. The Morgan fingerprint density at radius 2 is 2.04 bits per heavy atom. The number of nitrogens with zero attached hydrogens (tertiary/aromatic N) is 1. The number of piperidine rings is 1. The number of amides is 1. The molecule has 1 aromatic rings. The molecule has 0 aliphatic carbocycles. The second-order valence-electron chi connectivity index (χ2n) is 6.65. The summed E-state index contributed by atoms with van der Waals surface area (Å²) in [6.07, 6.45) is 3.07. The molecule has 0 radical (unpaired) electrons. The molecule has 0 bridgehead atoms. The minimum atomic E-state index is -3.21. The fourth-order valence-electron chi connectivity index (χ4n) is 3.49. The number of likely N-dealkylation sites (tertiary alicyclic amines) is 1. The lowest BCUT2D eigenvalue weighted by Gasteiger charge is -2.35. The summed E-state index contributed by atoms with van der Waals surface area (Å²) >= 11 is 0. The zero-order valence-electron chi connectivity index (χ0n) is 14.5. The standard InChI is InChI=1S/C17H24N2O5S/c1-23-15-5-3-4-12-10-13(11-24-16(12)15)17(20)19-8-6-14(7-9-19)18-25(2,21)22/h3-5,13-14,18H,6-11H2,1-2H3/t13-/m0/s1. The Hall–Kier alpha value is -1.80. The number of para-hydroxylation sites is 1. The average Bonchev–Trinajstić information content (AvgIpc) is 2.59. The average molecular weight is 368 g/mol. The first-order valence-electron chi connectivity index (χ1n) is 8.42. The van der Waals surface area contributed by atoms with E-state index < -0.39 is 10.0 Å². The van der Waals surface area contributed by atoms with Crippen LogP contribution in [0.3, 0.4) is 0 Å². The van der Waals surface area contributed by atoms with Gasteiger partial charge in [-0.15, -0.1) is 0 Å². The number of carbonyl (C=O) groups is 1. The molecule has 25 heavy (non-hydrogen) atoms. The van der Waals surface area contributed by atoms with Crippen LogP contribution < -0.4 is 14.2 Å². The molecule has 1 saturated heterocycles. The quantitative estimate of drug-likeness (QED) is 0.849. The molecule has 2 heterocycles. The Morgan fingerprint density at radius 3 is 2.68 bits per heavy atom. The third-order valence-electron chi connectivity index (χ3n) is 4.71. The molecule has 1 fully saturated rings. The van der Waals surface area contributed by atoms with Gasteiger partial charge < -0.3 is 14.4 Å². The van der Waals surface area contributed by atoms with Crippen LogP contribution in [0.15, 0.2) is 18.2 Å². The number of fused-ring (bicyclic) bond motifs is 1. The summed E-state index contributed by atoms with van der Waals surface area (Å²) in [6, 6.07) is 5.61. The van der Waals surface area contributed by atoms with Gasteiger partial charge >= 0.3 is 0 Å². The summed E-state index contributed by atoms with van der Waals surface area (Å²) in [6.45, 7) is 1.47. The summed E-state index contributed by atoms with van der Waals surface area (Å²) in [5.41, 5.74) is 0.984. The van der Waals surface area contributed by atoms with Gasteiger partial charge in [-0.1, -0.05) is 12.1 Å².